The van der Waals surface area contributed by atoms with Gasteiger partial charge in [-0.1, -0.05) is 35.9 Å². The van der Waals surface area contributed by atoms with Gasteiger partial charge in [0.1, 0.15) is 5.69 Å². The molecule has 0 radical (unpaired) electrons. The summed E-state index contributed by atoms with van der Waals surface area (Å²) in [7, 11) is 2.16. The van der Waals surface area contributed by atoms with Crippen molar-refractivity contribution in [1.29, 1.82) is 0 Å². The predicted octanol–water partition coefficient (Wildman–Crippen LogP) is 6.62. The summed E-state index contributed by atoms with van der Waals surface area (Å²) in [6, 6.07) is 23.1. The molecule has 3 aliphatic rings. The van der Waals surface area contributed by atoms with Crippen molar-refractivity contribution in [3.05, 3.63) is 99.8 Å². The zero-order valence-corrected chi connectivity index (χ0v) is 32.8. The van der Waals surface area contributed by atoms with E-state index < -0.39 is 5.79 Å². The number of carbonyl (C=O) groups excluding carboxylic acids is 1. The number of piperazine rings is 2. The number of anilines is 2. The smallest absolute Gasteiger partial charge is 0.269 e. The summed E-state index contributed by atoms with van der Waals surface area (Å²) in [5.41, 5.74) is 6.62. The summed E-state index contributed by atoms with van der Waals surface area (Å²) in [6.45, 7) is 14.0. The van der Waals surface area contributed by atoms with Gasteiger partial charge in [-0.3, -0.25) is 14.9 Å². The number of aryl methyl sites for hydroxylation is 1. The summed E-state index contributed by atoms with van der Waals surface area (Å²) in [4.78, 5) is 34.6. The Kier molecular flexibility index (Phi) is 12.1. The minimum atomic E-state index is -0.621. The second-order valence-corrected chi connectivity index (χ2v) is 15.7. The standard InChI is InChI=1S/C42H52ClN7O5/c1-42(2)54-30-37(55-42)17-20-49-29-38(31-5-9-33(43)10-6-31)39(40(49)41(51)44-18-4-19-46-23-21-45(3)22-24-46)32-7-11-34(12-8-32)47-25-27-48(28-26-47)35-13-15-36(16-14-35)50(52)53/h5-16,29,37H,4,17-28,30H2,1-3H3,(H,44,51)/t37-/m0/s1. The van der Waals surface area contributed by atoms with Gasteiger partial charge in [-0.05, 0) is 87.8 Å². The van der Waals surface area contributed by atoms with Gasteiger partial charge in [0.15, 0.2) is 5.79 Å². The van der Waals surface area contributed by atoms with Crippen LogP contribution in [0, 0.1) is 10.1 Å². The van der Waals surface area contributed by atoms with E-state index in [0.29, 0.717) is 36.8 Å². The number of nitrogens with zero attached hydrogens (tertiary/aromatic N) is 6. The minimum absolute atomic E-state index is 0.0699. The Bertz CT molecular complexity index is 1920. The molecule has 0 bridgehead atoms. The van der Waals surface area contributed by atoms with Gasteiger partial charge in [-0.15, -0.1) is 0 Å². The number of rotatable bonds is 13. The molecule has 7 rings (SSSR count). The van der Waals surface area contributed by atoms with Crippen molar-refractivity contribution in [1.82, 2.24) is 19.7 Å². The molecule has 3 aliphatic heterocycles. The Balaban J connectivity index is 1.13. The molecule has 0 spiro atoms. The summed E-state index contributed by atoms with van der Waals surface area (Å²) < 4.78 is 14.1. The van der Waals surface area contributed by atoms with Crippen LogP contribution in [0.2, 0.25) is 5.02 Å². The van der Waals surface area contributed by atoms with E-state index in [0.717, 1.165) is 99.0 Å². The highest BCUT2D eigenvalue weighted by Gasteiger charge is 2.33. The van der Waals surface area contributed by atoms with Crippen LogP contribution in [0.5, 0.6) is 0 Å². The maximum absolute atomic E-state index is 14.4. The lowest BCUT2D eigenvalue weighted by molar-refractivity contribution is -0.384. The lowest BCUT2D eigenvalue weighted by Gasteiger charge is -2.37. The van der Waals surface area contributed by atoms with Crippen LogP contribution >= 0.6 is 11.6 Å². The maximum atomic E-state index is 14.4. The molecule has 1 amide bonds. The van der Waals surface area contributed by atoms with Crippen LogP contribution in [0.4, 0.5) is 17.1 Å². The molecule has 1 N–H and O–H groups in total. The highest BCUT2D eigenvalue weighted by molar-refractivity contribution is 6.30. The largest absolute Gasteiger partial charge is 0.368 e. The third-order valence-corrected chi connectivity index (χ3v) is 11.2. The quantitative estimate of drug-likeness (QED) is 0.0913. The van der Waals surface area contributed by atoms with Gasteiger partial charge in [0, 0.05) is 111 Å². The fourth-order valence-corrected chi connectivity index (χ4v) is 7.94. The highest BCUT2D eigenvalue weighted by Crippen LogP contribution is 2.39. The topological polar surface area (TPSA) is 109 Å². The number of non-ortho nitro benzene ring substituents is 1. The van der Waals surface area contributed by atoms with Gasteiger partial charge < -0.3 is 39.0 Å². The molecule has 1 atom stereocenters. The molecule has 292 valence electrons. The number of ether oxygens (including phenoxy) is 2. The Morgan fingerprint density at radius 3 is 2.04 bits per heavy atom. The summed E-state index contributed by atoms with van der Waals surface area (Å²) in [6.07, 6.45) is 3.61. The lowest BCUT2D eigenvalue weighted by Crippen LogP contribution is -2.46. The zero-order chi connectivity index (χ0) is 38.5. The van der Waals surface area contributed by atoms with Crippen LogP contribution in [-0.2, 0) is 16.0 Å². The molecular formula is C42H52ClN7O5. The van der Waals surface area contributed by atoms with E-state index in [9.17, 15) is 14.9 Å². The fraction of sp³-hybridized carbons (Fsp3) is 0.452. The molecular weight excluding hydrogens is 718 g/mol. The molecule has 3 aromatic carbocycles. The maximum Gasteiger partial charge on any atom is 0.269 e. The molecule has 1 aromatic heterocycles. The molecule has 0 aliphatic carbocycles. The molecule has 13 heteroatoms. The number of hydrogen-bond donors (Lipinski definition) is 1. The normalized spacial score (nSPS) is 19.2. The van der Waals surface area contributed by atoms with Crippen LogP contribution in [0.3, 0.4) is 0 Å². The lowest BCUT2D eigenvalue weighted by atomic mass is 9.96. The number of carbonyl (C=O) groups is 1. The van der Waals surface area contributed by atoms with Crippen LogP contribution < -0.4 is 15.1 Å². The molecule has 3 saturated heterocycles. The first kappa shape index (κ1) is 38.8. The average molecular weight is 770 g/mol. The number of halogens is 1. The Morgan fingerprint density at radius 1 is 0.855 bits per heavy atom. The first-order valence-electron chi connectivity index (χ1n) is 19.4. The molecule has 0 unspecified atom stereocenters. The minimum Gasteiger partial charge on any atom is -0.368 e. The van der Waals surface area contributed by atoms with E-state index >= 15 is 0 Å². The second-order valence-electron chi connectivity index (χ2n) is 15.3. The van der Waals surface area contributed by atoms with Crippen LogP contribution in [0.15, 0.2) is 79.0 Å². The number of amides is 1. The fourth-order valence-electron chi connectivity index (χ4n) is 7.81. The third-order valence-electron chi connectivity index (χ3n) is 11.0. The van der Waals surface area contributed by atoms with E-state index in [1.165, 1.54) is 0 Å². The summed E-state index contributed by atoms with van der Waals surface area (Å²) >= 11 is 6.34. The highest BCUT2D eigenvalue weighted by atomic mass is 35.5. The van der Waals surface area contributed by atoms with Gasteiger partial charge in [0.05, 0.1) is 17.6 Å². The van der Waals surface area contributed by atoms with Crippen molar-refractivity contribution in [3.8, 4) is 22.3 Å². The van der Waals surface area contributed by atoms with Crippen molar-refractivity contribution in [3.63, 3.8) is 0 Å². The molecule has 12 nitrogen and oxygen atoms in total. The van der Waals surface area contributed by atoms with Crippen molar-refractivity contribution in [2.45, 2.75) is 45.1 Å². The van der Waals surface area contributed by atoms with E-state index in [2.05, 4.69) is 67.0 Å². The van der Waals surface area contributed by atoms with Gasteiger partial charge in [-0.25, -0.2) is 0 Å². The second kappa shape index (κ2) is 17.1. The monoisotopic (exact) mass is 769 g/mol. The van der Waals surface area contributed by atoms with E-state index in [1.807, 2.05) is 50.2 Å². The van der Waals surface area contributed by atoms with Crippen molar-refractivity contribution < 1.29 is 19.2 Å². The van der Waals surface area contributed by atoms with Crippen molar-refractivity contribution >= 4 is 34.6 Å². The molecule has 4 heterocycles. The number of likely N-dealkylation sites (N-methyl/N-ethyl adjacent to an activating group) is 1. The average Bonchev–Trinajstić information content (AvgIpc) is 3.76. The molecule has 55 heavy (non-hydrogen) atoms. The third kappa shape index (κ3) is 9.50. The van der Waals surface area contributed by atoms with Gasteiger partial charge in [0.25, 0.3) is 11.6 Å². The van der Waals surface area contributed by atoms with E-state index in [-0.39, 0.29) is 22.6 Å². The number of hydrogen-bond acceptors (Lipinski definition) is 9. The SMILES string of the molecule is CN1CCN(CCCNC(=O)c2c(-c3ccc(N4CCN(c5ccc([N+](=O)[O-])cc5)CC4)cc3)c(-c3ccc(Cl)cc3)cn2CC[C@H]2COC(C)(C)O2)CC1. The van der Waals surface area contributed by atoms with Crippen molar-refractivity contribution in [2.24, 2.45) is 0 Å². The van der Waals surface area contributed by atoms with Gasteiger partial charge in [0.2, 0.25) is 0 Å². The number of benzene rings is 3. The first-order chi connectivity index (χ1) is 26.5. The first-order valence-corrected chi connectivity index (χ1v) is 19.8. The Labute approximate surface area is 328 Å². The van der Waals surface area contributed by atoms with Crippen molar-refractivity contribution in [2.75, 3.05) is 88.9 Å². The van der Waals surface area contributed by atoms with Gasteiger partial charge >= 0.3 is 0 Å². The zero-order valence-electron chi connectivity index (χ0n) is 32.1. The number of aromatic nitrogens is 1. The van der Waals surface area contributed by atoms with Crippen LogP contribution in [0.25, 0.3) is 22.3 Å². The van der Waals surface area contributed by atoms with E-state index in [1.54, 1.807) is 12.1 Å². The van der Waals surface area contributed by atoms with Crippen LogP contribution in [0.1, 0.15) is 37.2 Å². The number of nitro groups is 1. The summed E-state index contributed by atoms with van der Waals surface area (Å²) in [5, 5.41) is 15.1. The molecule has 4 aromatic rings. The Hall–Kier alpha value is -4.46. The number of nitrogens with one attached hydrogen (secondary N) is 1. The van der Waals surface area contributed by atoms with Gasteiger partial charge in [-0.2, -0.15) is 0 Å². The number of nitro benzene ring substituents is 1. The van der Waals surface area contributed by atoms with Crippen LogP contribution in [-0.4, -0.2) is 116 Å². The molecule has 0 saturated carbocycles. The Morgan fingerprint density at radius 2 is 1.45 bits per heavy atom. The summed E-state index contributed by atoms with van der Waals surface area (Å²) in [5.74, 6) is -0.715. The van der Waals surface area contributed by atoms with E-state index in [4.69, 9.17) is 21.1 Å². The molecule has 3 fully saturated rings. The predicted molar refractivity (Wildman–Crippen MR) is 218 cm³/mol.